The second-order valence-corrected chi connectivity index (χ2v) is 5.87. The number of aliphatic hydroxyl groups excluding tert-OH is 1. The molecule has 2 amide bonds. The Balaban J connectivity index is 2.34. The van der Waals surface area contributed by atoms with Crippen molar-refractivity contribution in [3.8, 4) is 0 Å². The molecule has 0 atom stereocenters. The highest BCUT2D eigenvalue weighted by Gasteiger charge is 2.15. The molecule has 0 spiro atoms. The van der Waals surface area contributed by atoms with Crippen LogP contribution >= 0.6 is 11.6 Å². The van der Waals surface area contributed by atoms with Crippen molar-refractivity contribution in [2.75, 3.05) is 18.5 Å². The van der Waals surface area contributed by atoms with Gasteiger partial charge in [0.15, 0.2) is 0 Å². The normalized spacial score (nSPS) is 11.2. The first-order chi connectivity index (χ1) is 9.34. The molecule has 3 N–H and O–H groups in total. The third kappa shape index (κ3) is 5.75. The zero-order valence-corrected chi connectivity index (χ0v) is 12.4. The molecule has 4 nitrogen and oxygen atoms in total. The standard InChI is InChI=1S/C14H20ClFN2O2/c1-14(2,9-19)6-3-7-17-13(20)18-12-5-4-10(15)8-11(12)16/h4-5,8,19H,3,6-7,9H2,1-2H3,(H2,17,18,20). The molecule has 0 aliphatic rings. The van der Waals surface area contributed by atoms with Crippen molar-refractivity contribution in [3.63, 3.8) is 0 Å². The van der Waals surface area contributed by atoms with E-state index >= 15 is 0 Å². The lowest BCUT2D eigenvalue weighted by Crippen LogP contribution is -2.30. The predicted octanol–water partition coefficient (Wildman–Crippen LogP) is 3.40. The molecule has 0 unspecified atom stereocenters. The summed E-state index contributed by atoms with van der Waals surface area (Å²) in [6.07, 6.45) is 1.53. The number of aliphatic hydroxyl groups is 1. The lowest BCUT2D eigenvalue weighted by atomic mass is 9.89. The molecule has 6 heteroatoms. The van der Waals surface area contributed by atoms with Gasteiger partial charge in [-0.1, -0.05) is 25.4 Å². The maximum Gasteiger partial charge on any atom is 0.319 e. The molecule has 20 heavy (non-hydrogen) atoms. The van der Waals surface area contributed by atoms with Crippen LogP contribution in [0.4, 0.5) is 14.9 Å². The highest BCUT2D eigenvalue weighted by molar-refractivity contribution is 6.30. The summed E-state index contributed by atoms with van der Waals surface area (Å²) >= 11 is 5.62. The second-order valence-electron chi connectivity index (χ2n) is 5.43. The van der Waals surface area contributed by atoms with Gasteiger partial charge in [-0.25, -0.2) is 9.18 Å². The van der Waals surface area contributed by atoms with E-state index in [1.165, 1.54) is 12.1 Å². The number of hydrogen-bond donors (Lipinski definition) is 3. The van der Waals surface area contributed by atoms with Crippen molar-refractivity contribution >= 4 is 23.3 Å². The number of benzene rings is 1. The fourth-order valence-electron chi connectivity index (χ4n) is 1.61. The van der Waals surface area contributed by atoms with E-state index in [9.17, 15) is 9.18 Å². The topological polar surface area (TPSA) is 61.4 Å². The molecule has 112 valence electrons. The third-order valence-corrected chi connectivity index (χ3v) is 3.16. The summed E-state index contributed by atoms with van der Waals surface area (Å²) in [6, 6.07) is 3.59. The van der Waals surface area contributed by atoms with Crippen molar-refractivity contribution in [3.05, 3.63) is 29.0 Å². The molecule has 0 aromatic heterocycles. The lowest BCUT2D eigenvalue weighted by Gasteiger charge is -2.21. The number of carbonyl (C=O) groups excluding carboxylic acids is 1. The Hall–Kier alpha value is -1.33. The van der Waals surface area contributed by atoms with Crippen LogP contribution in [-0.4, -0.2) is 24.3 Å². The molecular formula is C14H20ClFN2O2. The van der Waals surface area contributed by atoms with Gasteiger partial charge in [-0.3, -0.25) is 0 Å². The maximum absolute atomic E-state index is 13.4. The van der Waals surface area contributed by atoms with Gasteiger partial charge in [0.05, 0.1) is 5.69 Å². The van der Waals surface area contributed by atoms with Crippen LogP contribution < -0.4 is 10.6 Å². The fraction of sp³-hybridized carbons (Fsp3) is 0.500. The van der Waals surface area contributed by atoms with Crippen molar-refractivity contribution in [1.82, 2.24) is 5.32 Å². The van der Waals surface area contributed by atoms with E-state index < -0.39 is 11.8 Å². The molecule has 0 aliphatic carbocycles. The van der Waals surface area contributed by atoms with Gasteiger partial charge in [0.2, 0.25) is 0 Å². The van der Waals surface area contributed by atoms with Crippen LogP contribution in [0.5, 0.6) is 0 Å². The first kappa shape index (κ1) is 16.7. The van der Waals surface area contributed by atoms with Gasteiger partial charge >= 0.3 is 6.03 Å². The fourth-order valence-corrected chi connectivity index (χ4v) is 1.76. The van der Waals surface area contributed by atoms with Crippen LogP contribution in [0.15, 0.2) is 18.2 Å². The number of anilines is 1. The summed E-state index contributed by atoms with van der Waals surface area (Å²) in [6.45, 7) is 4.48. The minimum atomic E-state index is -0.575. The van der Waals surface area contributed by atoms with Crippen molar-refractivity contribution in [2.45, 2.75) is 26.7 Å². The third-order valence-electron chi connectivity index (χ3n) is 2.92. The van der Waals surface area contributed by atoms with Crippen LogP contribution in [0, 0.1) is 11.2 Å². The number of hydrogen-bond acceptors (Lipinski definition) is 2. The Bertz CT molecular complexity index is 466. The maximum atomic E-state index is 13.4. The van der Waals surface area contributed by atoms with E-state index in [2.05, 4.69) is 10.6 Å². The minimum Gasteiger partial charge on any atom is -0.396 e. The molecule has 0 heterocycles. The van der Waals surface area contributed by atoms with Crippen molar-refractivity contribution in [1.29, 1.82) is 0 Å². The monoisotopic (exact) mass is 302 g/mol. The minimum absolute atomic E-state index is 0.0857. The summed E-state index contributed by atoms with van der Waals surface area (Å²) < 4.78 is 13.4. The number of nitrogens with one attached hydrogen (secondary N) is 2. The highest BCUT2D eigenvalue weighted by Crippen LogP contribution is 2.20. The number of amides is 2. The first-order valence-electron chi connectivity index (χ1n) is 6.45. The summed E-state index contributed by atoms with van der Waals surface area (Å²) in [4.78, 5) is 11.6. The number of carbonyl (C=O) groups is 1. The van der Waals surface area contributed by atoms with Crippen LogP contribution in [0.25, 0.3) is 0 Å². The molecule has 1 aromatic carbocycles. The molecule has 0 aliphatic heterocycles. The van der Waals surface area contributed by atoms with Crippen LogP contribution in [0.2, 0.25) is 5.02 Å². The average Bonchev–Trinajstić information content (AvgIpc) is 2.38. The number of rotatable bonds is 6. The summed E-state index contributed by atoms with van der Waals surface area (Å²) in [5.41, 5.74) is -0.0666. The lowest BCUT2D eigenvalue weighted by molar-refractivity contribution is 0.148. The van der Waals surface area contributed by atoms with Crippen LogP contribution in [-0.2, 0) is 0 Å². The summed E-state index contributed by atoms with van der Waals surface area (Å²) in [7, 11) is 0. The van der Waals surface area contributed by atoms with E-state index in [1.807, 2.05) is 13.8 Å². The van der Waals surface area contributed by atoms with E-state index in [-0.39, 0.29) is 22.7 Å². The van der Waals surface area contributed by atoms with Gasteiger partial charge in [0.1, 0.15) is 5.82 Å². The molecule has 0 fully saturated rings. The molecule has 0 bridgehead atoms. The SMILES string of the molecule is CC(C)(CO)CCCNC(=O)Nc1ccc(Cl)cc1F. The van der Waals surface area contributed by atoms with Crippen LogP contribution in [0.3, 0.4) is 0 Å². The Labute approximate surface area is 123 Å². The Kier molecular flexibility index (Phi) is 6.23. The first-order valence-corrected chi connectivity index (χ1v) is 6.82. The second kappa shape index (κ2) is 7.45. The van der Waals surface area contributed by atoms with E-state index in [0.29, 0.717) is 6.54 Å². The Morgan fingerprint density at radius 2 is 2.15 bits per heavy atom. The zero-order valence-electron chi connectivity index (χ0n) is 11.7. The van der Waals surface area contributed by atoms with E-state index in [4.69, 9.17) is 16.7 Å². The Morgan fingerprint density at radius 1 is 1.45 bits per heavy atom. The molecule has 0 radical (unpaired) electrons. The Morgan fingerprint density at radius 3 is 2.75 bits per heavy atom. The van der Waals surface area contributed by atoms with Gasteiger partial charge in [-0.15, -0.1) is 0 Å². The van der Waals surface area contributed by atoms with Crippen LogP contribution in [0.1, 0.15) is 26.7 Å². The molecular weight excluding hydrogens is 283 g/mol. The van der Waals surface area contributed by atoms with Gasteiger partial charge in [0, 0.05) is 18.2 Å². The van der Waals surface area contributed by atoms with E-state index in [1.54, 1.807) is 0 Å². The summed E-state index contributed by atoms with van der Waals surface area (Å²) in [5.74, 6) is -0.575. The number of halogens is 2. The predicted molar refractivity (Wildman–Crippen MR) is 78.5 cm³/mol. The molecule has 0 saturated carbocycles. The molecule has 1 aromatic rings. The molecule has 0 saturated heterocycles. The zero-order chi connectivity index (χ0) is 15.2. The largest absolute Gasteiger partial charge is 0.396 e. The molecule has 1 rings (SSSR count). The average molecular weight is 303 g/mol. The van der Waals surface area contributed by atoms with Crippen molar-refractivity contribution < 1.29 is 14.3 Å². The van der Waals surface area contributed by atoms with E-state index in [0.717, 1.165) is 18.9 Å². The highest BCUT2D eigenvalue weighted by atomic mass is 35.5. The summed E-state index contributed by atoms with van der Waals surface area (Å²) in [5, 5.41) is 14.4. The van der Waals surface area contributed by atoms with Gasteiger partial charge < -0.3 is 15.7 Å². The van der Waals surface area contributed by atoms with Gasteiger partial charge in [-0.2, -0.15) is 0 Å². The van der Waals surface area contributed by atoms with Crippen molar-refractivity contribution in [2.24, 2.45) is 5.41 Å². The smallest absolute Gasteiger partial charge is 0.319 e. The van der Waals surface area contributed by atoms with Gasteiger partial charge in [0.25, 0.3) is 0 Å². The van der Waals surface area contributed by atoms with Gasteiger partial charge in [-0.05, 0) is 36.5 Å². The number of urea groups is 1. The quantitative estimate of drug-likeness (QED) is 0.705.